The summed E-state index contributed by atoms with van der Waals surface area (Å²) in [6.45, 7) is 2.05. The van der Waals surface area contributed by atoms with Gasteiger partial charge in [0.15, 0.2) is 10.9 Å². The molecule has 3 aromatic carbocycles. The Labute approximate surface area is 231 Å². The van der Waals surface area contributed by atoms with Crippen LogP contribution in [0.1, 0.15) is 17.3 Å². The van der Waals surface area contributed by atoms with Crippen molar-refractivity contribution < 1.29 is 9.53 Å². The molecule has 0 aliphatic heterocycles. The molecule has 9 heteroatoms. The molecule has 39 heavy (non-hydrogen) atoms. The molecule has 0 fully saturated rings. The number of hydrogen-bond acceptors (Lipinski definition) is 6. The molecule has 0 aliphatic rings. The molecule has 4 N–H and O–H groups in total. The van der Waals surface area contributed by atoms with Gasteiger partial charge in [0.05, 0.1) is 23.7 Å². The summed E-state index contributed by atoms with van der Waals surface area (Å²) in [6, 6.07) is 30.8. The molecule has 0 unspecified atom stereocenters. The Bertz CT molecular complexity index is 1570. The third-order valence-corrected chi connectivity index (χ3v) is 6.06. The van der Waals surface area contributed by atoms with Crippen molar-refractivity contribution in [1.29, 1.82) is 0 Å². The smallest absolute Gasteiger partial charge is 0.342 e. The van der Waals surface area contributed by atoms with Gasteiger partial charge in [0.1, 0.15) is 11.4 Å². The number of para-hydroxylation sites is 2. The van der Waals surface area contributed by atoms with Crippen LogP contribution in [0.4, 0.5) is 23.0 Å². The maximum absolute atomic E-state index is 12.9. The highest BCUT2D eigenvalue weighted by Crippen LogP contribution is 2.33. The monoisotopic (exact) mass is 534 g/mol. The second-order valence-electron chi connectivity index (χ2n) is 8.46. The molecule has 0 spiro atoms. The van der Waals surface area contributed by atoms with E-state index in [0.717, 1.165) is 22.4 Å². The zero-order valence-electron chi connectivity index (χ0n) is 21.1. The van der Waals surface area contributed by atoms with Gasteiger partial charge in [-0.2, -0.15) is 0 Å². The molecule has 0 saturated carbocycles. The quantitative estimate of drug-likeness (QED) is 0.126. The first-order valence-electron chi connectivity index (χ1n) is 12.4. The van der Waals surface area contributed by atoms with Crippen LogP contribution in [0.25, 0.3) is 22.4 Å². The van der Waals surface area contributed by atoms with E-state index in [0.29, 0.717) is 33.7 Å². The van der Waals surface area contributed by atoms with Gasteiger partial charge in [-0.15, -0.1) is 10.2 Å². The zero-order valence-corrected chi connectivity index (χ0v) is 22.0. The fourth-order valence-electron chi connectivity index (χ4n) is 4.05. The standard InChI is InChI=1S/C30H26N6O2S/c1-2-38-29(37)27-22(20-11-5-3-6-12-20)19-31-28(27)32-24-15-9-10-16-25(24)33-30(39)34-26-18-17-23(35-36-26)21-13-7-4-8-14-21/h3-19,31-32H,2H2,1H3,(H2,33,34,36,39). The number of nitrogens with one attached hydrogen (secondary N) is 4. The molecule has 0 saturated heterocycles. The Balaban J connectivity index is 1.34. The highest BCUT2D eigenvalue weighted by Gasteiger charge is 2.22. The minimum Gasteiger partial charge on any atom is -0.462 e. The summed E-state index contributed by atoms with van der Waals surface area (Å²) in [4.78, 5) is 16.1. The van der Waals surface area contributed by atoms with Crippen LogP contribution >= 0.6 is 12.2 Å². The van der Waals surface area contributed by atoms with Crippen LogP contribution < -0.4 is 16.0 Å². The first-order chi connectivity index (χ1) is 19.1. The first-order valence-corrected chi connectivity index (χ1v) is 12.8. The van der Waals surface area contributed by atoms with Crippen molar-refractivity contribution in [2.24, 2.45) is 0 Å². The fraction of sp³-hybridized carbons (Fsp3) is 0.0667. The molecule has 194 valence electrons. The van der Waals surface area contributed by atoms with E-state index in [1.54, 1.807) is 13.1 Å². The molecule has 5 aromatic rings. The summed E-state index contributed by atoms with van der Waals surface area (Å²) in [5, 5.41) is 18.5. The third-order valence-electron chi connectivity index (χ3n) is 5.86. The predicted molar refractivity (Wildman–Crippen MR) is 159 cm³/mol. The fourth-order valence-corrected chi connectivity index (χ4v) is 4.26. The van der Waals surface area contributed by atoms with Gasteiger partial charge in [-0.05, 0) is 49.0 Å². The summed E-state index contributed by atoms with van der Waals surface area (Å²) in [7, 11) is 0. The van der Waals surface area contributed by atoms with Gasteiger partial charge in [-0.3, -0.25) is 0 Å². The van der Waals surface area contributed by atoms with E-state index in [-0.39, 0.29) is 6.61 Å². The van der Waals surface area contributed by atoms with Crippen molar-refractivity contribution in [3.8, 4) is 22.4 Å². The average molecular weight is 535 g/mol. The van der Waals surface area contributed by atoms with Crippen LogP contribution in [0.15, 0.2) is 103 Å². The molecule has 8 nitrogen and oxygen atoms in total. The van der Waals surface area contributed by atoms with E-state index in [2.05, 4.69) is 31.1 Å². The minimum absolute atomic E-state index is 0.269. The van der Waals surface area contributed by atoms with E-state index >= 15 is 0 Å². The molecular weight excluding hydrogens is 508 g/mol. The number of H-pyrrole nitrogens is 1. The molecule has 0 atom stereocenters. The van der Waals surface area contributed by atoms with Crippen LogP contribution in [0.5, 0.6) is 0 Å². The first kappa shape index (κ1) is 25.6. The van der Waals surface area contributed by atoms with Crippen LogP contribution in [0.3, 0.4) is 0 Å². The molecule has 2 aromatic heterocycles. The number of nitrogens with zero attached hydrogens (tertiary/aromatic N) is 2. The number of ether oxygens (including phenoxy) is 1. The summed E-state index contributed by atoms with van der Waals surface area (Å²) in [5.41, 5.74) is 5.24. The number of hydrogen-bond donors (Lipinski definition) is 4. The average Bonchev–Trinajstić information content (AvgIpc) is 3.39. The molecule has 2 heterocycles. The number of aromatic nitrogens is 3. The molecule has 0 radical (unpaired) electrons. The lowest BCUT2D eigenvalue weighted by Crippen LogP contribution is -2.20. The number of thiocarbonyl (C=S) groups is 1. The minimum atomic E-state index is -0.416. The lowest BCUT2D eigenvalue weighted by Gasteiger charge is -2.15. The highest BCUT2D eigenvalue weighted by atomic mass is 32.1. The Kier molecular flexibility index (Phi) is 7.89. The van der Waals surface area contributed by atoms with E-state index in [1.807, 2.05) is 97.1 Å². The second-order valence-corrected chi connectivity index (χ2v) is 8.87. The maximum Gasteiger partial charge on any atom is 0.342 e. The Hall–Kier alpha value is -5.02. The number of rotatable bonds is 8. The molecule has 5 rings (SSSR count). The summed E-state index contributed by atoms with van der Waals surface area (Å²) < 4.78 is 5.37. The van der Waals surface area contributed by atoms with Crippen molar-refractivity contribution in [3.63, 3.8) is 0 Å². The van der Waals surface area contributed by atoms with E-state index in [4.69, 9.17) is 17.0 Å². The van der Waals surface area contributed by atoms with Gasteiger partial charge in [-0.25, -0.2) is 4.79 Å². The Morgan fingerprint density at radius 1 is 0.821 bits per heavy atom. The number of aromatic amines is 1. The SMILES string of the molecule is CCOC(=O)c1c(-c2ccccc2)c[nH]c1Nc1ccccc1NC(=S)Nc1ccc(-c2ccccc2)nn1. The zero-order chi connectivity index (χ0) is 27.0. The molecular formula is C30H26N6O2S. The number of esters is 1. The van der Waals surface area contributed by atoms with Crippen molar-refractivity contribution in [3.05, 3.63) is 109 Å². The Morgan fingerprint density at radius 3 is 2.15 bits per heavy atom. The van der Waals surface area contributed by atoms with Gasteiger partial charge >= 0.3 is 5.97 Å². The van der Waals surface area contributed by atoms with Crippen molar-refractivity contribution in [2.45, 2.75) is 6.92 Å². The van der Waals surface area contributed by atoms with Crippen molar-refractivity contribution >= 4 is 46.3 Å². The van der Waals surface area contributed by atoms with E-state index in [9.17, 15) is 4.79 Å². The lowest BCUT2D eigenvalue weighted by atomic mass is 10.0. The van der Waals surface area contributed by atoms with Gasteiger partial charge in [-0.1, -0.05) is 72.8 Å². The summed E-state index contributed by atoms with van der Waals surface area (Å²) >= 11 is 5.54. The van der Waals surface area contributed by atoms with E-state index < -0.39 is 5.97 Å². The maximum atomic E-state index is 12.9. The number of benzene rings is 3. The lowest BCUT2D eigenvalue weighted by molar-refractivity contribution is 0.0528. The van der Waals surface area contributed by atoms with Crippen molar-refractivity contribution in [1.82, 2.24) is 15.2 Å². The number of carbonyl (C=O) groups is 1. The highest BCUT2D eigenvalue weighted by molar-refractivity contribution is 7.80. The third kappa shape index (κ3) is 6.11. The molecule has 0 aliphatic carbocycles. The van der Waals surface area contributed by atoms with Crippen LogP contribution in [-0.2, 0) is 4.74 Å². The second kappa shape index (κ2) is 12.0. The number of carbonyl (C=O) groups excluding carboxylic acids is 1. The summed E-state index contributed by atoms with van der Waals surface area (Å²) in [5.74, 6) is 0.613. The molecule has 0 amide bonds. The van der Waals surface area contributed by atoms with Gasteiger partial charge in [0.2, 0.25) is 0 Å². The summed E-state index contributed by atoms with van der Waals surface area (Å²) in [6.07, 6.45) is 1.80. The van der Waals surface area contributed by atoms with Gasteiger partial charge < -0.3 is 25.7 Å². The Morgan fingerprint density at radius 2 is 1.49 bits per heavy atom. The molecule has 0 bridgehead atoms. The van der Waals surface area contributed by atoms with Gasteiger partial charge in [0, 0.05) is 17.3 Å². The van der Waals surface area contributed by atoms with Crippen LogP contribution in [0, 0.1) is 0 Å². The van der Waals surface area contributed by atoms with Crippen LogP contribution in [0.2, 0.25) is 0 Å². The van der Waals surface area contributed by atoms with Crippen LogP contribution in [-0.4, -0.2) is 32.9 Å². The van der Waals surface area contributed by atoms with Gasteiger partial charge in [0.25, 0.3) is 0 Å². The topological polar surface area (TPSA) is 104 Å². The largest absolute Gasteiger partial charge is 0.462 e. The normalized spacial score (nSPS) is 10.5. The predicted octanol–water partition coefficient (Wildman–Crippen LogP) is 6.87. The van der Waals surface area contributed by atoms with E-state index in [1.165, 1.54) is 0 Å². The van der Waals surface area contributed by atoms with Crippen molar-refractivity contribution in [2.75, 3.05) is 22.6 Å². The number of anilines is 4.